The molecule has 0 aromatic heterocycles. The van der Waals surface area contributed by atoms with Gasteiger partial charge in [0.1, 0.15) is 17.7 Å². The van der Waals surface area contributed by atoms with Crippen LogP contribution in [0, 0.1) is 23.0 Å². The summed E-state index contributed by atoms with van der Waals surface area (Å²) < 4.78 is 25.4. The molecule has 1 rings (SSSR count). The number of nitriles is 1. The molecule has 1 N–H and O–H groups in total. The normalized spacial score (nSPS) is 14.7. The molecule has 0 heterocycles. The van der Waals surface area contributed by atoms with E-state index in [0.29, 0.717) is 6.07 Å². The van der Waals surface area contributed by atoms with Crippen molar-refractivity contribution in [3.05, 3.63) is 35.4 Å². The van der Waals surface area contributed by atoms with Crippen molar-refractivity contribution in [2.24, 2.45) is 0 Å². The van der Waals surface area contributed by atoms with Crippen molar-refractivity contribution < 1.29 is 13.9 Å². The first-order valence-corrected chi connectivity index (χ1v) is 3.56. The molecular weight excluding hydrogens is 176 g/mol. The first-order valence-electron chi connectivity index (χ1n) is 3.56. The Balaban J connectivity index is 3.26. The molecule has 13 heavy (non-hydrogen) atoms. The fourth-order valence-corrected chi connectivity index (χ4v) is 0.944. The smallest absolute Gasteiger partial charge is 0.176 e. The summed E-state index contributed by atoms with van der Waals surface area (Å²) >= 11 is 0. The molecule has 0 amide bonds. The Bertz CT molecular complexity index is 368. The number of hydrogen-bond acceptors (Lipinski definition) is 2. The predicted molar refractivity (Wildman–Crippen MR) is 41.5 cm³/mol. The Hall–Kier alpha value is -1.47. The largest absolute Gasteiger partial charge is 0.372 e. The Morgan fingerprint density at radius 1 is 1.46 bits per heavy atom. The van der Waals surface area contributed by atoms with Crippen molar-refractivity contribution in [2.75, 3.05) is 0 Å². The van der Waals surface area contributed by atoms with E-state index in [1.165, 1.54) is 6.07 Å². The molecular formula is C9H7F2NO. The SMILES string of the molecule is CC(O)(C#N)c1ccc(F)cc1F. The minimum absolute atomic E-state index is 0.226. The van der Waals surface area contributed by atoms with Crippen LogP contribution in [0.15, 0.2) is 18.2 Å². The fraction of sp³-hybridized carbons (Fsp3) is 0.222. The van der Waals surface area contributed by atoms with Gasteiger partial charge in [-0.25, -0.2) is 8.78 Å². The Labute approximate surface area is 74.0 Å². The van der Waals surface area contributed by atoms with Crippen LogP contribution in [0.1, 0.15) is 12.5 Å². The van der Waals surface area contributed by atoms with Gasteiger partial charge in [0.15, 0.2) is 5.60 Å². The van der Waals surface area contributed by atoms with Crippen LogP contribution in [0.25, 0.3) is 0 Å². The highest BCUT2D eigenvalue weighted by Crippen LogP contribution is 2.22. The maximum Gasteiger partial charge on any atom is 0.176 e. The predicted octanol–water partition coefficient (Wildman–Crippen LogP) is 1.70. The Morgan fingerprint density at radius 3 is 2.54 bits per heavy atom. The summed E-state index contributed by atoms with van der Waals surface area (Å²) in [5, 5.41) is 17.8. The molecule has 0 saturated carbocycles. The molecule has 0 aliphatic rings. The molecule has 1 atom stereocenters. The third-order valence-electron chi connectivity index (χ3n) is 1.67. The van der Waals surface area contributed by atoms with Gasteiger partial charge in [-0.1, -0.05) is 0 Å². The lowest BCUT2D eigenvalue weighted by Gasteiger charge is -2.14. The van der Waals surface area contributed by atoms with Gasteiger partial charge in [0, 0.05) is 11.6 Å². The molecule has 0 radical (unpaired) electrons. The lowest BCUT2D eigenvalue weighted by molar-refractivity contribution is 0.115. The van der Waals surface area contributed by atoms with E-state index < -0.39 is 17.2 Å². The van der Waals surface area contributed by atoms with Crippen molar-refractivity contribution in [2.45, 2.75) is 12.5 Å². The van der Waals surface area contributed by atoms with Gasteiger partial charge in [-0.2, -0.15) is 5.26 Å². The summed E-state index contributed by atoms with van der Waals surface area (Å²) in [5.74, 6) is -1.67. The quantitative estimate of drug-likeness (QED) is 0.673. The second kappa shape index (κ2) is 3.11. The standard InChI is InChI=1S/C9H7F2NO/c1-9(13,5-12)7-3-2-6(10)4-8(7)11/h2-4,13H,1H3. The zero-order chi connectivity index (χ0) is 10.1. The summed E-state index contributed by atoms with van der Waals surface area (Å²) in [6.07, 6.45) is 0. The minimum Gasteiger partial charge on any atom is -0.372 e. The van der Waals surface area contributed by atoms with E-state index in [4.69, 9.17) is 5.26 Å². The van der Waals surface area contributed by atoms with Gasteiger partial charge in [0.2, 0.25) is 0 Å². The molecule has 1 aromatic carbocycles. The van der Waals surface area contributed by atoms with E-state index in [1.807, 2.05) is 0 Å². The van der Waals surface area contributed by atoms with Gasteiger partial charge < -0.3 is 5.11 Å². The Kier molecular flexibility index (Phi) is 2.30. The van der Waals surface area contributed by atoms with Crippen LogP contribution in [0.3, 0.4) is 0 Å². The molecule has 4 heteroatoms. The van der Waals surface area contributed by atoms with Gasteiger partial charge in [-0.15, -0.1) is 0 Å². The lowest BCUT2D eigenvalue weighted by Crippen LogP contribution is -2.19. The van der Waals surface area contributed by atoms with E-state index in [2.05, 4.69) is 0 Å². The van der Waals surface area contributed by atoms with Gasteiger partial charge in [-0.3, -0.25) is 0 Å². The third-order valence-corrected chi connectivity index (χ3v) is 1.67. The number of hydrogen-bond donors (Lipinski definition) is 1. The zero-order valence-electron chi connectivity index (χ0n) is 6.88. The summed E-state index contributed by atoms with van der Waals surface area (Å²) in [6.45, 7) is 1.14. The van der Waals surface area contributed by atoms with Crippen LogP contribution < -0.4 is 0 Å². The molecule has 0 saturated heterocycles. The van der Waals surface area contributed by atoms with Crippen molar-refractivity contribution in [1.29, 1.82) is 5.26 Å². The Morgan fingerprint density at radius 2 is 2.08 bits per heavy atom. The van der Waals surface area contributed by atoms with Crippen molar-refractivity contribution in [3.63, 3.8) is 0 Å². The van der Waals surface area contributed by atoms with Crippen molar-refractivity contribution in [1.82, 2.24) is 0 Å². The number of rotatable bonds is 1. The first kappa shape index (κ1) is 9.62. The molecule has 0 spiro atoms. The second-order valence-corrected chi connectivity index (χ2v) is 2.81. The third kappa shape index (κ3) is 1.82. The second-order valence-electron chi connectivity index (χ2n) is 2.81. The van der Waals surface area contributed by atoms with Crippen LogP contribution in [0.4, 0.5) is 8.78 Å². The van der Waals surface area contributed by atoms with Crippen LogP contribution in [0.5, 0.6) is 0 Å². The monoisotopic (exact) mass is 183 g/mol. The number of halogens is 2. The summed E-state index contributed by atoms with van der Waals surface area (Å²) in [6, 6.07) is 4.18. The van der Waals surface area contributed by atoms with Gasteiger partial charge in [0.05, 0.1) is 0 Å². The molecule has 2 nitrogen and oxygen atoms in total. The molecule has 68 valence electrons. The summed E-state index contributed by atoms with van der Waals surface area (Å²) in [5.41, 5.74) is -2.14. The van der Waals surface area contributed by atoms with E-state index in [-0.39, 0.29) is 5.56 Å². The number of benzene rings is 1. The highest BCUT2D eigenvalue weighted by atomic mass is 19.1. The molecule has 0 fully saturated rings. The summed E-state index contributed by atoms with van der Waals surface area (Å²) in [7, 11) is 0. The fourth-order valence-electron chi connectivity index (χ4n) is 0.944. The molecule has 0 aliphatic carbocycles. The zero-order valence-corrected chi connectivity index (χ0v) is 6.88. The maximum absolute atomic E-state index is 13.0. The summed E-state index contributed by atoms with van der Waals surface area (Å²) in [4.78, 5) is 0. The van der Waals surface area contributed by atoms with Gasteiger partial charge in [-0.05, 0) is 19.1 Å². The highest BCUT2D eigenvalue weighted by molar-refractivity contribution is 5.29. The van der Waals surface area contributed by atoms with E-state index in [1.54, 1.807) is 0 Å². The van der Waals surface area contributed by atoms with Gasteiger partial charge >= 0.3 is 0 Å². The maximum atomic E-state index is 13.0. The van der Waals surface area contributed by atoms with Crippen molar-refractivity contribution >= 4 is 0 Å². The highest BCUT2D eigenvalue weighted by Gasteiger charge is 2.26. The molecule has 0 aliphatic heterocycles. The van der Waals surface area contributed by atoms with E-state index >= 15 is 0 Å². The molecule has 0 bridgehead atoms. The average molecular weight is 183 g/mol. The topological polar surface area (TPSA) is 44.0 Å². The van der Waals surface area contributed by atoms with E-state index in [0.717, 1.165) is 19.1 Å². The first-order chi connectivity index (χ1) is 5.97. The van der Waals surface area contributed by atoms with E-state index in [9.17, 15) is 13.9 Å². The lowest BCUT2D eigenvalue weighted by atomic mass is 9.97. The van der Waals surface area contributed by atoms with Crippen LogP contribution in [-0.4, -0.2) is 5.11 Å². The number of nitrogens with zero attached hydrogens (tertiary/aromatic N) is 1. The van der Waals surface area contributed by atoms with Crippen LogP contribution in [-0.2, 0) is 5.60 Å². The van der Waals surface area contributed by atoms with Crippen LogP contribution in [0.2, 0.25) is 0 Å². The number of aliphatic hydroxyl groups is 1. The molecule has 1 unspecified atom stereocenters. The minimum atomic E-state index is -1.92. The molecule has 1 aromatic rings. The average Bonchev–Trinajstić information content (AvgIpc) is 2.03. The van der Waals surface area contributed by atoms with Crippen LogP contribution >= 0.6 is 0 Å². The van der Waals surface area contributed by atoms with Gasteiger partial charge in [0.25, 0.3) is 0 Å². The van der Waals surface area contributed by atoms with Crippen molar-refractivity contribution in [3.8, 4) is 6.07 Å².